The Hall–Kier alpha value is -0.960. The van der Waals surface area contributed by atoms with Crippen molar-refractivity contribution in [1.29, 1.82) is 0 Å². The molecular formula is C8H6BrNO. The molecule has 0 fully saturated rings. The van der Waals surface area contributed by atoms with Crippen molar-refractivity contribution in [3.8, 4) is 0 Å². The average molecular weight is 212 g/mol. The molecule has 2 aromatic rings. The van der Waals surface area contributed by atoms with Gasteiger partial charge in [-0.15, -0.1) is 0 Å². The molecule has 0 radical (unpaired) electrons. The number of benzene rings is 1. The van der Waals surface area contributed by atoms with Crippen LogP contribution in [-0.4, -0.2) is 9.94 Å². The van der Waals surface area contributed by atoms with E-state index in [2.05, 4.69) is 15.9 Å². The summed E-state index contributed by atoms with van der Waals surface area (Å²) in [6, 6.07) is 7.58. The number of hydrogen-bond donors (Lipinski definition) is 1. The molecule has 0 amide bonds. The average Bonchev–Trinajstić information content (AvgIpc) is 2.32. The van der Waals surface area contributed by atoms with Gasteiger partial charge in [0.15, 0.2) is 0 Å². The highest BCUT2D eigenvalue weighted by molar-refractivity contribution is 9.10. The maximum atomic E-state index is 9.20. The molecule has 2 nitrogen and oxygen atoms in total. The molecule has 0 spiro atoms. The lowest BCUT2D eigenvalue weighted by atomic mass is 10.3. The maximum absolute atomic E-state index is 9.20. The van der Waals surface area contributed by atoms with Gasteiger partial charge < -0.3 is 5.21 Å². The van der Waals surface area contributed by atoms with E-state index in [0.29, 0.717) is 0 Å². The van der Waals surface area contributed by atoms with E-state index in [1.54, 1.807) is 6.20 Å². The Morgan fingerprint density at radius 3 is 2.91 bits per heavy atom. The second-order valence-corrected chi connectivity index (χ2v) is 3.28. The standard InChI is InChI=1S/C8H6BrNO/c9-7-1-2-8-6(5-7)3-4-10(8)11/h1-5,11H. The molecule has 0 aliphatic carbocycles. The second kappa shape index (κ2) is 2.27. The van der Waals surface area contributed by atoms with Crippen LogP contribution in [0.25, 0.3) is 10.9 Å². The van der Waals surface area contributed by atoms with Crippen molar-refractivity contribution < 1.29 is 5.21 Å². The minimum atomic E-state index is 0.827. The minimum absolute atomic E-state index is 0.827. The van der Waals surface area contributed by atoms with Gasteiger partial charge in [-0.05, 0) is 24.3 Å². The monoisotopic (exact) mass is 211 g/mol. The summed E-state index contributed by atoms with van der Waals surface area (Å²) in [6.45, 7) is 0. The highest BCUT2D eigenvalue weighted by Crippen LogP contribution is 2.19. The molecule has 1 aromatic heterocycles. The molecule has 0 bridgehead atoms. The van der Waals surface area contributed by atoms with Crippen LogP contribution >= 0.6 is 15.9 Å². The summed E-state index contributed by atoms with van der Waals surface area (Å²) in [5.74, 6) is 0. The fraction of sp³-hybridized carbons (Fsp3) is 0. The first kappa shape index (κ1) is 6.73. The molecule has 3 heteroatoms. The topological polar surface area (TPSA) is 25.2 Å². The summed E-state index contributed by atoms with van der Waals surface area (Å²) in [4.78, 5) is 0. The van der Waals surface area contributed by atoms with Gasteiger partial charge in [-0.3, -0.25) is 0 Å². The molecule has 0 aliphatic rings. The van der Waals surface area contributed by atoms with E-state index in [1.165, 1.54) is 0 Å². The van der Waals surface area contributed by atoms with Gasteiger partial charge in [0.2, 0.25) is 0 Å². The van der Waals surface area contributed by atoms with Crippen molar-refractivity contribution in [2.75, 3.05) is 0 Å². The van der Waals surface area contributed by atoms with Crippen LogP contribution in [0.3, 0.4) is 0 Å². The predicted octanol–water partition coefficient (Wildman–Crippen LogP) is 2.64. The first-order chi connectivity index (χ1) is 5.27. The number of fused-ring (bicyclic) bond motifs is 1. The Morgan fingerprint density at radius 2 is 2.09 bits per heavy atom. The van der Waals surface area contributed by atoms with E-state index < -0.39 is 0 Å². The van der Waals surface area contributed by atoms with E-state index in [1.807, 2.05) is 24.3 Å². The number of aromatic nitrogens is 1. The molecule has 0 saturated heterocycles. The summed E-state index contributed by atoms with van der Waals surface area (Å²) < 4.78 is 2.14. The van der Waals surface area contributed by atoms with Gasteiger partial charge in [-0.2, -0.15) is 4.73 Å². The van der Waals surface area contributed by atoms with E-state index >= 15 is 0 Å². The molecule has 0 atom stereocenters. The molecule has 11 heavy (non-hydrogen) atoms. The van der Waals surface area contributed by atoms with Crippen LogP contribution in [0.2, 0.25) is 0 Å². The number of nitrogens with zero attached hydrogens (tertiary/aromatic N) is 1. The summed E-state index contributed by atoms with van der Waals surface area (Å²) in [5.41, 5.74) is 0.827. The SMILES string of the molecule is On1ccc2cc(Br)ccc21. The smallest absolute Gasteiger partial charge is 0.0866 e. The molecule has 1 aromatic carbocycles. The van der Waals surface area contributed by atoms with Gasteiger partial charge in [0.05, 0.1) is 5.52 Å². The van der Waals surface area contributed by atoms with Crippen molar-refractivity contribution >= 4 is 26.8 Å². The molecule has 0 saturated carbocycles. The zero-order chi connectivity index (χ0) is 7.84. The van der Waals surface area contributed by atoms with E-state index in [0.717, 1.165) is 20.1 Å². The molecule has 1 heterocycles. The van der Waals surface area contributed by atoms with Crippen LogP contribution in [0.1, 0.15) is 0 Å². The number of rotatable bonds is 0. The van der Waals surface area contributed by atoms with Crippen molar-refractivity contribution in [3.05, 3.63) is 34.9 Å². The van der Waals surface area contributed by atoms with Crippen molar-refractivity contribution in [1.82, 2.24) is 4.73 Å². The fourth-order valence-corrected chi connectivity index (χ4v) is 1.48. The van der Waals surface area contributed by atoms with Crippen LogP contribution in [0.4, 0.5) is 0 Å². The van der Waals surface area contributed by atoms with E-state index in [9.17, 15) is 5.21 Å². The lowest BCUT2D eigenvalue weighted by Gasteiger charge is -1.93. The molecule has 0 aliphatic heterocycles. The Balaban J connectivity index is 2.86. The molecule has 1 N–H and O–H groups in total. The van der Waals surface area contributed by atoms with Crippen LogP contribution in [0, 0.1) is 0 Å². The molecule has 0 unspecified atom stereocenters. The fourth-order valence-electron chi connectivity index (χ4n) is 1.10. The third-order valence-corrected chi connectivity index (χ3v) is 2.12. The highest BCUT2D eigenvalue weighted by atomic mass is 79.9. The molecule has 2 rings (SSSR count). The first-order valence-corrected chi connectivity index (χ1v) is 4.02. The zero-order valence-corrected chi connectivity index (χ0v) is 7.25. The van der Waals surface area contributed by atoms with Crippen LogP contribution < -0.4 is 0 Å². The Bertz CT molecular complexity index is 394. The van der Waals surface area contributed by atoms with Crippen LogP contribution in [-0.2, 0) is 0 Å². The highest BCUT2D eigenvalue weighted by Gasteiger charge is 1.97. The summed E-state index contributed by atoms with van der Waals surface area (Å²) >= 11 is 3.35. The number of hydrogen-bond acceptors (Lipinski definition) is 1. The van der Waals surface area contributed by atoms with Gasteiger partial charge >= 0.3 is 0 Å². The summed E-state index contributed by atoms with van der Waals surface area (Å²) in [5, 5.41) is 10.2. The molecule has 56 valence electrons. The Labute approximate surface area is 72.1 Å². The van der Waals surface area contributed by atoms with Crippen molar-refractivity contribution in [2.45, 2.75) is 0 Å². The van der Waals surface area contributed by atoms with E-state index in [-0.39, 0.29) is 0 Å². The van der Waals surface area contributed by atoms with Crippen molar-refractivity contribution in [2.24, 2.45) is 0 Å². The predicted molar refractivity (Wildman–Crippen MR) is 46.8 cm³/mol. The van der Waals surface area contributed by atoms with Gasteiger partial charge in [-0.1, -0.05) is 15.9 Å². The van der Waals surface area contributed by atoms with Gasteiger partial charge in [0.1, 0.15) is 0 Å². The zero-order valence-electron chi connectivity index (χ0n) is 5.66. The first-order valence-electron chi connectivity index (χ1n) is 3.23. The quantitative estimate of drug-likeness (QED) is 0.667. The minimum Gasteiger partial charge on any atom is -0.428 e. The third-order valence-electron chi connectivity index (χ3n) is 1.63. The summed E-state index contributed by atoms with van der Waals surface area (Å²) in [7, 11) is 0. The van der Waals surface area contributed by atoms with Crippen molar-refractivity contribution in [3.63, 3.8) is 0 Å². The maximum Gasteiger partial charge on any atom is 0.0866 e. The van der Waals surface area contributed by atoms with Crippen LogP contribution in [0.5, 0.6) is 0 Å². The Kier molecular flexibility index (Phi) is 1.39. The van der Waals surface area contributed by atoms with Gasteiger partial charge in [0, 0.05) is 16.1 Å². The largest absolute Gasteiger partial charge is 0.428 e. The lowest BCUT2D eigenvalue weighted by molar-refractivity contribution is 0.200. The third kappa shape index (κ3) is 1.01. The second-order valence-electron chi connectivity index (χ2n) is 2.36. The van der Waals surface area contributed by atoms with Crippen LogP contribution in [0.15, 0.2) is 34.9 Å². The van der Waals surface area contributed by atoms with Gasteiger partial charge in [0.25, 0.3) is 0 Å². The van der Waals surface area contributed by atoms with Gasteiger partial charge in [-0.25, -0.2) is 0 Å². The number of halogens is 1. The Morgan fingerprint density at radius 1 is 1.27 bits per heavy atom. The normalized spacial score (nSPS) is 10.6. The molecular weight excluding hydrogens is 206 g/mol. The lowest BCUT2D eigenvalue weighted by Crippen LogP contribution is -1.84. The van der Waals surface area contributed by atoms with E-state index in [4.69, 9.17) is 0 Å². The summed E-state index contributed by atoms with van der Waals surface area (Å²) in [6.07, 6.45) is 1.62.